The van der Waals surface area contributed by atoms with E-state index in [0.717, 1.165) is 56.6 Å². The van der Waals surface area contributed by atoms with E-state index in [1.807, 2.05) is 0 Å². The maximum Gasteiger partial charge on any atom is 0.427 e. The Morgan fingerprint density at radius 2 is 2.05 bits per heavy atom. The number of hydrogen-bond acceptors (Lipinski definition) is 4. The van der Waals surface area contributed by atoms with Crippen LogP contribution in [0.15, 0.2) is 6.20 Å². The van der Waals surface area contributed by atoms with Crippen LogP contribution in [-0.4, -0.2) is 36.1 Å². The minimum Gasteiger partial charge on any atom is -0.317 e. The standard InChI is InChI=1S/C13H20F3N3S.ClH/c1-2-17-7-10-3-5-19(6-4-10)9-12-18-8-11(20-12)13(14,15)16;/h8,10,17H,2-7,9H2,1H3;1H. The number of nitrogens with one attached hydrogen (secondary N) is 1. The summed E-state index contributed by atoms with van der Waals surface area (Å²) in [4.78, 5) is 5.48. The van der Waals surface area contributed by atoms with Crippen LogP contribution in [0.4, 0.5) is 13.2 Å². The summed E-state index contributed by atoms with van der Waals surface area (Å²) >= 11 is 0.758. The first-order chi connectivity index (χ1) is 9.49. The van der Waals surface area contributed by atoms with E-state index in [4.69, 9.17) is 0 Å². The van der Waals surface area contributed by atoms with Gasteiger partial charge in [-0.1, -0.05) is 6.92 Å². The number of halogens is 4. The Morgan fingerprint density at radius 1 is 1.38 bits per heavy atom. The summed E-state index contributed by atoms with van der Waals surface area (Å²) in [6, 6.07) is 0. The van der Waals surface area contributed by atoms with Gasteiger partial charge in [0, 0.05) is 0 Å². The van der Waals surface area contributed by atoms with Gasteiger partial charge in [-0.2, -0.15) is 13.2 Å². The molecule has 0 bridgehead atoms. The van der Waals surface area contributed by atoms with Crippen molar-refractivity contribution in [1.29, 1.82) is 0 Å². The number of hydrogen-bond donors (Lipinski definition) is 1. The van der Waals surface area contributed by atoms with Gasteiger partial charge in [-0.05, 0) is 44.9 Å². The summed E-state index contributed by atoms with van der Waals surface area (Å²) in [6.45, 7) is 6.54. The lowest BCUT2D eigenvalue weighted by molar-refractivity contribution is -0.134. The third kappa shape index (κ3) is 5.73. The highest BCUT2D eigenvalue weighted by Crippen LogP contribution is 2.33. The lowest BCUT2D eigenvalue weighted by Gasteiger charge is -2.31. The van der Waals surface area contributed by atoms with Gasteiger partial charge in [0.25, 0.3) is 0 Å². The molecule has 2 rings (SSSR count). The molecule has 0 amide bonds. The Bertz CT molecular complexity index is 417. The Hall–Kier alpha value is -0.370. The summed E-state index contributed by atoms with van der Waals surface area (Å²) in [5.74, 6) is 0.688. The van der Waals surface area contributed by atoms with E-state index in [1.165, 1.54) is 0 Å². The second-order valence-corrected chi connectivity index (χ2v) is 6.26. The highest BCUT2D eigenvalue weighted by molar-refractivity contribution is 7.11. The third-order valence-corrected chi connectivity index (χ3v) is 4.61. The van der Waals surface area contributed by atoms with E-state index >= 15 is 0 Å². The molecule has 1 saturated heterocycles. The molecule has 1 aliphatic heterocycles. The molecule has 122 valence electrons. The summed E-state index contributed by atoms with van der Waals surface area (Å²) in [5, 5.41) is 3.91. The molecule has 1 fully saturated rings. The molecular weight excluding hydrogens is 323 g/mol. The fraction of sp³-hybridized carbons (Fsp3) is 0.769. The molecule has 0 aromatic carbocycles. The number of nitrogens with zero attached hydrogens (tertiary/aromatic N) is 2. The number of thiazole rings is 1. The average Bonchev–Trinajstić information content (AvgIpc) is 2.86. The van der Waals surface area contributed by atoms with Crippen molar-refractivity contribution in [2.75, 3.05) is 26.2 Å². The van der Waals surface area contributed by atoms with Gasteiger partial charge >= 0.3 is 6.18 Å². The molecule has 1 aromatic heterocycles. The van der Waals surface area contributed by atoms with Gasteiger partial charge in [0.15, 0.2) is 0 Å². The van der Waals surface area contributed by atoms with Gasteiger partial charge in [0.05, 0.1) is 12.7 Å². The van der Waals surface area contributed by atoms with Crippen molar-refractivity contribution in [1.82, 2.24) is 15.2 Å². The third-order valence-electron chi connectivity index (χ3n) is 3.58. The minimum absolute atomic E-state index is 0. The van der Waals surface area contributed by atoms with Crippen LogP contribution in [0.3, 0.4) is 0 Å². The van der Waals surface area contributed by atoms with Crippen molar-refractivity contribution in [3.63, 3.8) is 0 Å². The van der Waals surface area contributed by atoms with Crippen molar-refractivity contribution in [2.45, 2.75) is 32.5 Å². The van der Waals surface area contributed by atoms with Gasteiger partial charge < -0.3 is 5.32 Å². The largest absolute Gasteiger partial charge is 0.427 e. The maximum absolute atomic E-state index is 12.5. The molecule has 0 atom stereocenters. The summed E-state index contributed by atoms with van der Waals surface area (Å²) in [6.07, 6.45) is -1.12. The van der Waals surface area contributed by atoms with Gasteiger partial charge in [0.2, 0.25) is 0 Å². The summed E-state index contributed by atoms with van der Waals surface area (Å²) < 4.78 is 37.5. The van der Waals surface area contributed by atoms with E-state index in [0.29, 0.717) is 17.5 Å². The van der Waals surface area contributed by atoms with Crippen LogP contribution in [0.25, 0.3) is 0 Å². The molecule has 0 radical (unpaired) electrons. The molecule has 21 heavy (non-hydrogen) atoms. The van der Waals surface area contributed by atoms with Gasteiger partial charge in [0.1, 0.15) is 9.88 Å². The van der Waals surface area contributed by atoms with Crippen LogP contribution in [0.1, 0.15) is 29.7 Å². The van der Waals surface area contributed by atoms with Crippen LogP contribution in [0.2, 0.25) is 0 Å². The number of aromatic nitrogens is 1. The number of piperidine rings is 1. The predicted octanol–water partition coefficient (Wildman–Crippen LogP) is 3.41. The number of likely N-dealkylation sites (tertiary alicyclic amines) is 1. The SMILES string of the molecule is CCNCC1CCN(Cc2ncc(C(F)(F)F)s2)CC1.Cl. The quantitative estimate of drug-likeness (QED) is 0.888. The van der Waals surface area contributed by atoms with E-state index in [2.05, 4.69) is 22.1 Å². The lowest BCUT2D eigenvalue weighted by Crippen LogP contribution is -2.36. The molecule has 0 spiro atoms. The molecule has 1 aliphatic rings. The van der Waals surface area contributed by atoms with Crippen LogP contribution < -0.4 is 5.32 Å². The van der Waals surface area contributed by atoms with Crippen LogP contribution in [0, 0.1) is 5.92 Å². The molecule has 3 nitrogen and oxygen atoms in total. The van der Waals surface area contributed by atoms with Crippen molar-refractivity contribution < 1.29 is 13.2 Å². The zero-order valence-corrected chi connectivity index (χ0v) is 13.6. The lowest BCUT2D eigenvalue weighted by atomic mass is 9.97. The molecule has 0 saturated carbocycles. The normalized spacial score (nSPS) is 17.7. The zero-order valence-electron chi connectivity index (χ0n) is 11.9. The van der Waals surface area contributed by atoms with E-state index in [9.17, 15) is 13.2 Å². The molecule has 8 heteroatoms. The van der Waals surface area contributed by atoms with Crippen molar-refractivity contribution in [2.24, 2.45) is 5.92 Å². The van der Waals surface area contributed by atoms with E-state index in [1.54, 1.807) is 0 Å². The predicted molar refractivity (Wildman–Crippen MR) is 80.9 cm³/mol. The maximum atomic E-state index is 12.5. The topological polar surface area (TPSA) is 28.2 Å². The Balaban J connectivity index is 0.00000220. The Kier molecular flexibility index (Phi) is 7.39. The molecule has 0 aliphatic carbocycles. The highest BCUT2D eigenvalue weighted by atomic mass is 35.5. The monoisotopic (exact) mass is 343 g/mol. The van der Waals surface area contributed by atoms with Gasteiger partial charge in [-0.25, -0.2) is 4.98 Å². The average molecular weight is 344 g/mol. The highest BCUT2D eigenvalue weighted by Gasteiger charge is 2.33. The fourth-order valence-electron chi connectivity index (χ4n) is 2.40. The van der Waals surface area contributed by atoms with Crippen molar-refractivity contribution in [3.8, 4) is 0 Å². The molecule has 0 unspecified atom stereocenters. The second-order valence-electron chi connectivity index (χ2n) is 5.14. The molecular formula is C13H21ClF3N3S. The zero-order chi connectivity index (χ0) is 14.6. The Morgan fingerprint density at radius 3 is 2.57 bits per heavy atom. The van der Waals surface area contributed by atoms with Crippen LogP contribution in [-0.2, 0) is 12.7 Å². The molecule has 1 aromatic rings. The first-order valence-corrected chi connectivity index (χ1v) is 7.75. The first kappa shape index (κ1) is 18.7. The minimum atomic E-state index is -4.27. The van der Waals surface area contributed by atoms with Gasteiger partial charge in [-0.15, -0.1) is 23.7 Å². The van der Waals surface area contributed by atoms with Crippen LogP contribution in [0.5, 0.6) is 0 Å². The summed E-state index contributed by atoms with van der Waals surface area (Å²) in [5.41, 5.74) is 0. The smallest absolute Gasteiger partial charge is 0.317 e. The van der Waals surface area contributed by atoms with Crippen molar-refractivity contribution >= 4 is 23.7 Å². The first-order valence-electron chi connectivity index (χ1n) is 6.94. The number of alkyl halides is 3. The molecule has 1 N–H and O–H groups in total. The number of rotatable bonds is 5. The summed E-state index contributed by atoms with van der Waals surface area (Å²) in [7, 11) is 0. The van der Waals surface area contributed by atoms with E-state index < -0.39 is 11.1 Å². The van der Waals surface area contributed by atoms with Crippen LogP contribution >= 0.6 is 23.7 Å². The van der Waals surface area contributed by atoms with Crippen molar-refractivity contribution in [3.05, 3.63) is 16.1 Å². The second kappa shape index (κ2) is 8.31. The molecule has 2 heterocycles. The van der Waals surface area contributed by atoms with Gasteiger partial charge in [-0.3, -0.25) is 4.90 Å². The fourth-order valence-corrected chi connectivity index (χ4v) is 3.23. The Labute approximate surface area is 133 Å². The van der Waals surface area contributed by atoms with E-state index in [-0.39, 0.29) is 12.4 Å².